The molecule has 0 amide bonds. The van der Waals surface area contributed by atoms with Crippen LogP contribution in [0.2, 0.25) is 0 Å². The zero-order valence-corrected chi connectivity index (χ0v) is 11.3. The van der Waals surface area contributed by atoms with Crippen LogP contribution in [0.5, 0.6) is 5.75 Å². The van der Waals surface area contributed by atoms with Crippen LogP contribution in [-0.2, 0) is 13.0 Å². The summed E-state index contributed by atoms with van der Waals surface area (Å²) in [5, 5.41) is 0. The van der Waals surface area contributed by atoms with Crippen LogP contribution in [0.4, 0.5) is 5.95 Å². The summed E-state index contributed by atoms with van der Waals surface area (Å²) in [6, 6.07) is 8.14. The van der Waals surface area contributed by atoms with Gasteiger partial charge < -0.3 is 9.64 Å². The highest BCUT2D eigenvalue weighted by Gasteiger charge is 2.20. The van der Waals surface area contributed by atoms with Gasteiger partial charge in [0.2, 0.25) is 5.95 Å². The summed E-state index contributed by atoms with van der Waals surface area (Å²) in [5.41, 5.74) is 3.62. The van der Waals surface area contributed by atoms with Crippen molar-refractivity contribution in [3.8, 4) is 5.75 Å². The van der Waals surface area contributed by atoms with Crippen molar-refractivity contribution in [2.75, 3.05) is 18.6 Å². The molecule has 4 heteroatoms. The van der Waals surface area contributed by atoms with Crippen LogP contribution in [0.15, 0.2) is 30.5 Å². The van der Waals surface area contributed by atoms with Crippen molar-refractivity contribution in [3.05, 3.63) is 47.3 Å². The maximum atomic E-state index is 5.42. The van der Waals surface area contributed by atoms with Gasteiger partial charge in [-0.2, -0.15) is 0 Å². The van der Waals surface area contributed by atoms with Crippen molar-refractivity contribution in [2.24, 2.45) is 0 Å². The molecule has 0 radical (unpaired) electrons. The third-order valence-corrected chi connectivity index (χ3v) is 3.51. The van der Waals surface area contributed by atoms with E-state index in [-0.39, 0.29) is 0 Å². The van der Waals surface area contributed by atoms with E-state index in [2.05, 4.69) is 20.9 Å². The molecule has 0 atom stereocenters. The molecule has 0 bridgehead atoms. The Balaban J connectivity index is 1.90. The summed E-state index contributed by atoms with van der Waals surface area (Å²) in [6.07, 6.45) is 2.79. The molecule has 0 spiro atoms. The van der Waals surface area contributed by atoms with E-state index in [4.69, 9.17) is 4.74 Å². The lowest BCUT2D eigenvalue weighted by Crippen LogP contribution is -2.32. The topological polar surface area (TPSA) is 38.2 Å². The number of ether oxygens (including phenoxy) is 1. The van der Waals surface area contributed by atoms with Gasteiger partial charge in [-0.05, 0) is 31.0 Å². The van der Waals surface area contributed by atoms with Crippen molar-refractivity contribution in [1.29, 1.82) is 0 Å². The number of nitrogens with zero attached hydrogens (tertiary/aromatic N) is 3. The molecule has 2 heterocycles. The minimum absolute atomic E-state index is 0.813. The standard InChI is InChI=1S/C15H17N3O/c1-11-6-8-16-15(17-11)18-9-7-13-12(10-18)4-3-5-14(13)19-2/h3-6,8H,7,9-10H2,1-2H3. The van der Waals surface area contributed by atoms with Crippen LogP contribution in [0.3, 0.4) is 0 Å². The summed E-state index contributed by atoms with van der Waals surface area (Å²) in [6.45, 7) is 3.76. The molecule has 0 saturated carbocycles. The first-order chi connectivity index (χ1) is 9.28. The van der Waals surface area contributed by atoms with Crippen LogP contribution < -0.4 is 9.64 Å². The molecular formula is C15H17N3O. The zero-order valence-electron chi connectivity index (χ0n) is 11.3. The van der Waals surface area contributed by atoms with E-state index in [1.54, 1.807) is 7.11 Å². The fourth-order valence-corrected chi connectivity index (χ4v) is 2.52. The smallest absolute Gasteiger partial charge is 0.225 e. The molecule has 0 unspecified atom stereocenters. The molecule has 3 rings (SSSR count). The van der Waals surface area contributed by atoms with E-state index in [9.17, 15) is 0 Å². The Labute approximate surface area is 113 Å². The maximum absolute atomic E-state index is 5.42. The molecule has 2 aromatic rings. The van der Waals surface area contributed by atoms with Gasteiger partial charge >= 0.3 is 0 Å². The van der Waals surface area contributed by atoms with E-state index in [1.165, 1.54) is 11.1 Å². The molecule has 1 aromatic heterocycles. The number of hydrogen-bond acceptors (Lipinski definition) is 4. The molecule has 0 fully saturated rings. The first-order valence-electron chi connectivity index (χ1n) is 6.47. The van der Waals surface area contributed by atoms with E-state index in [0.717, 1.165) is 36.9 Å². The van der Waals surface area contributed by atoms with Gasteiger partial charge in [0.1, 0.15) is 5.75 Å². The second-order valence-electron chi connectivity index (χ2n) is 4.77. The second kappa shape index (κ2) is 4.88. The van der Waals surface area contributed by atoms with Crippen molar-refractivity contribution in [3.63, 3.8) is 0 Å². The second-order valence-corrected chi connectivity index (χ2v) is 4.77. The number of hydrogen-bond donors (Lipinski definition) is 0. The summed E-state index contributed by atoms with van der Waals surface area (Å²) in [5.74, 6) is 1.80. The molecule has 98 valence electrons. The van der Waals surface area contributed by atoms with E-state index in [0.29, 0.717) is 0 Å². The molecule has 4 nitrogen and oxygen atoms in total. The van der Waals surface area contributed by atoms with E-state index >= 15 is 0 Å². The highest BCUT2D eigenvalue weighted by Crippen LogP contribution is 2.28. The number of aryl methyl sites for hydroxylation is 1. The largest absolute Gasteiger partial charge is 0.496 e. The highest BCUT2D eigenvalue weighted by molar-refractivity contribution is 5.46. The Morgan fingerprint density at radius 1 is 1.26 bits per heavy atom. The molecular weight excluding hydrogens is 238 g/mol. The van der Waals surface area contributed by atoms with Gasteiger partial charge in [0.05, 0.1) is 7.11 Å². The normalized spacial score (nSPS) is 14.1. The van der Waals surface area contributed by atoms with Crippen LogP contribution in [0.25, 0.3) is 0 Å². The van der Waals surface area contributed by atoms with Crippen LogP contribution in [0.1, 0.15) is 16.8 Å². The van der Waals surface area contributed by atoms with Gasteiger partial charge in [0.15, 0.2) is 0 Å². The fraction of sp³-hybridized carbons (Fsp3) is 0.333. The molecule has 19 heavy (non-hydrogen) atoms. The predicted octanol–water partition coefficient (Wildman–Crippen LogP) is 2.36. The SMILES string of the molecule is COc1cccc2c1CCN(c1nccc(C)n1)C2. The average Bonchev–Trinajstić information content (AvgIpc) is 2.46. The van der Waals surface area contributed by atoms with Gasteiger partial charge in [0, 0.05) is 30.5 Å². The lowest BCUT2D eigenvalue weighted by molar-refractivity contribution is 0.407. The Hall–Kier alpha value is -2.10. The lowest BCUT2D eigenvalue weighted by Gasteiger charge is -2.29. The minimum Gasteiger partial charge on any atom is -0.496 e. The number of benzene rings is 1. The van der Waals surface area contributed by atoms with E-state index < -0.39 is 0 Å². The number of rotatable bonds is 2. The number of fused-ring (bicyclic) bond motifs is 1. The Morgan fingerprint density at radius 3 is 2.95 bits per heavy atom. The quantitative estimate of drug-likeness (QED) is 0.825. The number of methoxy groups -OCH3 is 1. The van der Waals surface area contributed by atoms with Crippen molar-refractivity contribution in [1.82, 2.24) is 9.97 Å². The van der Waals surface area contributed by atoms with Gasteiger partial charge in [0.25, 0.3) is 0 Å². The van der Waals surface area contributed by atoms with Crippen molar-refractivity contribution < 1.29 is 4.74 Å². The molecule has 1 aliphatic rings. The molecule has 1 aliphatic heterocycles. The van der Waals surface area contributed by atoms with Crippen LogP contribution in [-0.4, -0.2) is 23.6 Å². The average molecular weight is 255 g/mol. The van der Waals surface area contributed by atoms with Gasteiger partial charge in [-0.15, -0.1) is 0 Å². The van der Waals surface area contributed by atoms with Crippen molar-refractivity contribution >= 4 is 5.95 Å². The molecule has 0 N–H and O–H groups in total. The van der Waals surface area contributed by atoms with Gasteiger partial charge in [-0.3, -0.25) is 0 Å². The fourth-order valence-electron chi connectivity index (χ4n) is 2.52. The van der Waals surface area contributed by atoms with Gasteiger partial charge in [-0.1, -0.05) is 12.1 Å². The Kier molecular flexibility index (Phi) is 3.07. The first-order valence-corrected chi connectivity index (χ1v) is 6.47. The Bertz CT molecular complexity index is 598. The van der Waals surface area contributed by atoms with Crippen molar-refractivity contribution in [2.45, 2.75) is 19.9 Å². The third-order valence-electron chi connectivity index (χ3n) is 3.51. The molecule has 0 aliphatic carbocycles. The first kappa shape index (κ1) is 12.0. The van der Waals surface area contributed by atoms with Gasteiger partial charge in [-0.25, -0.2) is 9.97 Å². The monoisotopic (exact) mass is 255 g/mol. The minimum atomic E-state index is 0.813. The molecule has 1 aromatic carbocycles. The summed E-state index contributed by atoms with van der Waals surface area (Å²) < 4.78 is 5.42. The summed E-state index contributed by atoms with van der Waals surface area (Å²) in [7, 11) is 1.73. The highest BCUT2D eigenvalue weighted by atomic mass is 16.5. The number of anilines is 1. The summed E-state index contributed by atoms with van der Waals surface area (Å²) in [4.78, 5) is 11.1. The van der Waals surface area contributed by atoms with Crippen LogP contribution in [0, 0.1) is 6.92 Å². The zero-order chi connectivity index (χ0) is 13.2. The lowest BCUT2D eigenvalue weighted by atomic mass is 9.99. The predicted molar refractivity (Wildman–Crippen MR) is 74.5 cm³/mol. The summed E-state index contributed by atoms with van der Waals surface area (Å²) >= 11 is 0. The van der Waals surface area contributed by atoms with E-state index in [1.807, 2.05) is 31.3 Å². The maximum Gasteiger partial charge on any atom is 0.225 e. The van der Waals surface area contributed by atoms with Crippen LogP contribution >= 0.6 is 0 Å². The molecule has 0 saturated heterocycles. The number of aromatic nitrogens is 2. The third kappa shape index (κ3) is 2.26. The Morgan fingerprint density at radius 2 is 2.16 bits per heavy atom.